The van der Waals surface area contributed by atoms with Gasteiger partial charge in [-0.2, -0.15) is 10.1 Å². The fourth-order valence-corrected chi connectivity index (χ4v) is 3.09. The van der Waals surface area contributed by atoms with Gasteiger partial charge in [-0.3, -0.25) is 0 Å². The van der Waals surface area contributed by atoms with Gasteiger partial charge < -0.3 is 9.80 Å². The molecule has 120 valence electrons. The molecule has 0 saturated heterocycles. The number of nitrogens with zero attached hydrogens (tertiary/aromatic N) is 5. The van der Waals surface area contributed by atoms with E-state index in [1.54, 1.807) is 6.20 Å². The van der Waals surface area contributed by atoms with Crippen LogP contribution >= 0.6 is 0 Å². The first kappa shape index (κ1) is 14.6. The number of aromatic nitrogens is 3. The number of hydrogen-bond acceptors (Lipinski definition) is 5. The maximum atomic E-state index is 4.75. The van der Waals surface area contributed by atoms with Gasteiger partial charge in [0.1, 0.15) is 0 Å². The summed E-state index contributed by atoms with van der Waals surface area (Å²) in [5.74, 6) is 1.44. The molecule has 0 amide bonds. The van der Waals surface area contributed by atoms with Crippen molar-refractivity contribution in [2.24, 2.45) is 0 Å². The van der Waals surface area contributed by atoms with Crippen LogP contribution in [0.4, 0.5) is 23.1 Å². The molecule has 1 aromatic heterocycles. The number of anilines is 4. The van der Waals surface area contributed by atoms with E-state index in [0.717, 1.165) is 30.9 Å². The third-order valence-corrected chi connectivity index (χ3v) is 4.37. The molecule has 5 heteroatoms. The molecule has 0 atom stereocenters. The molecule has 2 aromatic carbocycles. The van der Waals surface area contributed by atoms with Crippen molar-refractivity contribution in [3.8, 4) is 0 Å². The van der Waals surface area contributed by atoms with Gasteiger partial charge in [-0.1, -0.05) is 36.4 Å². The van der Waals surface area contributed by atoms with Crippen LogP contribution in [0.15, 0.2) is 60.8 Å². The molecule has 3 aromatic rings. The summed E-state index contributed by atoms with van der Waals surface area (Å²) < 4.78 is 0. The third-order valence-electron chi connectivity index (χ3n) is 4.37. The van der Waals surface area contributed by atoms with Crippen LogP contribution in [0, 0.1) is 0 Å². The Morgan fingerprint density at radius 1 is 1.00 bits per heavy atom. The average molecular weight is 317 g/mol. The van der Waals surface area contributed by atoms with Crippen molar-refractivity contribution >= 4 is 23.1 Å². The summed E-state index contributed by atoms with van der Waals surface area (Å²) in [4.78, 5) is 8.93. The highest BCUT2D eigenvalue weighted by molar-refractivity contribution is 5.65. The monoisotopic (exact) mass is 317 g/mol. The molecule has 5 nitrogen and oxygen atoms in total. The van der Waals surface area contributed by atoms with E-state index in [-0.39, 0.29) is 0 Å². The van der Waals surface area contributed by atoms with Gasteiger partial charge in [0.2, 0.25) is 0 Å². The Morgan fingerprint density at radius 3 is 2.67 bits per heavy atom. The van der Waals surface area contributed by atoms with Crippen molar-refractivity contribution in [2.45, 2.75) is 12.8 Å². The Bertz CT molecular complexity index is 834. The van der Waals surface area contributed by atoms with Crippen molar-refractivity contribution in [1.29, 1.82) is 0 Å². The van der Waals surface area contributed by atoms with Gasteiger partial charge in [-0.25, -0.2) is 0 Å². The summed E-state index contributed by atoms with van der Waals surface area (Å²) in [5, 5.41) is 8.46. The maximum absolute atomic E-state index is 4.75. The highest BCUT2D eigenvalue weighted by Crippen LogP contribution is 2.32. The van der Waals surface area contributed by atoms with Gasteiger partial charge in [0, 0.05) is 25.0 Å². The lowest BCUT2D eigenvalue weighted by atomic mass is 10.0. The highest BCUT2D eigenvalue weighted by Gasteiger charge is 2.21. The standard InChI is InChI=1S/C19H19N5/c1-23(16-10-3-2-4-11-16)18-14-20-22-19(21-18)24-13-7-9-15-8-5-6-12-17(15)24/h2-6,8,10-12,14H,7,9,13H2,1H3. The van der Waals surface area contributed by atoms with Crippen LogP contribution in [-0.2, 0) is 6.42 Å². The van der Waals surface area contributed by atoms with Gasteiger partial charge in [-0.05, 0) is 36.6 Å². The number of para-hydroxylation sites is 2. The van der Waals surface area contributed by atoms with Crippen molar-refractivity contribution in [3.05, 3.63) is 66.4 Å². The zero-order chi connectivity index (χ0) is 16.4. The summed E-state index contributed by atoms with van der Waals surface area (Å²) >= 11 is 0. The van der Waals surface area contributed by atoms with Crippen molar-refractivity contribution in [1.82, 2.24) is 15.2 Å². The summed E-state index contributed by atoms with van der Waals surface area (Å²) in [5.41, 5.74) is 3.60. The van der Waals surface area contributed by atoms with E-state index in [0.29, 0.717) is 5.95 Å². The van der Waals surface area contributed by atoms with Gasteiger partial charge in [0.15, 0.2) is 5.82 Å². The molecule has 0 unspecified atom stereocenters. The van der Waals surface area contributed by atoms with Gasteiger partial charge in [-0.15, -0.1) is 5.10 Å². The summed E-state index contributed by atoms with van der Waals surface area (Å²) in [6, 6.07) is 18.6. The minimum Gasteiger partial charge on any atom is -0.328 e. The van der Waals surface area contributed by atoms with E-state index >= 15 is 0 Å². The van der Waals surface area contributed by atoms with E-state index in [4.69, 9.17) is 4.98 Å². The molecular weight excluding hydrogens is 298 g/mol. The Hall–Kier alpha value is -2.95. The van der Waals surface area contributed by atoms with Crippen molar-refractivity contribution < 1.29 is 0 Å². The minimum atomic E-state index is 0.655. The second kappa shape index (κ2) is 6.28. The fraction of sp³-hybridized carbons (Fsp3) is 0.211. The second-order valence-corrected chi connectivity index (χ2v) is 5.89. The summed E-state index contributed by atoms with van der Waals surface area (Å²) in [6.07, 6.45) is 3.90. The van der Waals surface area contributed by atoms with Crippen LogP contribution in [0.2, 0.25) is 0 Å². The lowest BCUT2D eigenvalue weighted by Gasteiger charge is -2.29. The van der Waals surface area contributed by atoms with E-state index in [9.17, 15) is 0 Å². The Kier molecular flexibility index (Phi) is 3.83. The normalized spacial score (nSPS) is 13.5. The van der Waals surface area contributed by atoms with E-state index < -0.39 is 0 Å². The van der Waals surface area contributed by atoms with Crippen molar-refractivity contribution in [3.63, 3.8) is 0 Å². The first-order valence-electron chi connectivity index (χ1n) is 8.17. The van der Waals surface area contributed by atoms with Crippen LogP contribution in [0.3, 0.4) is 0 Å². The van der Waals surface area contributed by atoms with Crippen LogP contribution in [0.1, 0.15) is 12.0 Å². The highest BCUT2D eigenvalue weighted by atomic mass is 15.3. The topological polar surface area (TPSA) is 45.2 Å². The number of aryl methyl sites for hydroxylation is 1. The molecule has 1 aliphatic rings. The second-order valence-electron chi connectivity index (χ2n) is 5.89. The van der Waals surface area contributed by atoms with Crippen LogP contribution in [0.25, 0.3) is 0 Å². The largest absolute Gasteiger partial charge is 0.328 e. The van der Waals surface area contributed by atoms with E-state index in [1.807, 2.05) is 30.1 Å². The van der Waals surface area contributed by atoms with Gasteiger partial charge in [0.05, 0.1) is 6.20 Å². The first-order chi connectivity index (χ1) is 11.8. The zero-order valence-electron chi connectivity index (χ0n) is 13.6. The Labute approximate surface area is 141 Å². The van der Waals surface area contributed by atoms with E-state index in [1.165, 1.54) is 11.3 Å². The summed E-state index contributed by atoms with van der Waals surface area (Å²) in [6.45, 7) is 0.914. The Balaban J connectivity index is 1.69. The molecule has 0 fully saturated rings. The zero-order valence-corrected chi connectivity index (χ0v) is 13.6. The molecule has 0 radical (unpaired) electrons. The molecule has 2 heterocycles. The Morgan fingerprint density at radius 2 is 1.79 bits per heavy atom. The lowest BCUT2D eigenvalue weighted by molar-refractivity contribution is 0.740. The smallest absolute Gasteiger partial charge is 0.251 e. The summed E-state index contributed by atoms with van der Waals surface area (Å²) in [7, 11) is 1.99. The maximum Gasteiger partial charge on any atom is 0.251 e. The molecule has 0 bridgehead atoms. The van der Waals surface area contributed by atoms with Crippen LogP contribution in [-0.4, -0.2) is 28.8 Å². The minimum absolute atomic E-state index is 0.655. The van der Waals surface area contributed by atoms with Crippen LogP contribution < -0.4 is 9.80 Å². The van der Waals surface area contributed by atoms with Gasteiger partial charge >= 0.3 is 0 Å². The number of hydrogen-bond donors (Lipinski definition) is 0. The van der Waals surface area contributed by atoms with Gasteiger partial charge in [0.25, 0.3) is 5.95 Å². The quantitative estimate of drug-likeness (QED) is 0.736. The molecule has 1 aliphatic heterocycles. The SMILES string of the molecule is CN(c1ccccc1)c1cnnc(N2CCCc3ccccc32)n1. The van der Waals surface area contributed by atoms with E-state index in [2.05, 4.69) is 51.5 Å². The third kappa shape index (κ3) is 2.69. The predicted octanol–water partition coefficient (Wildman–Crippen LogP) is 3.72. The molecule has 4 rings (SSSR count). The average Bonchev–Trinajstić information content (AvgIpc) is 2.68. The predicted molar refractivity (Wildman–Crippen MR) is 96.1 cm³/mol. The molecule has 24 heavy (non-hydrogen) atoms. The molecule has 0 aliphatic carbocycles. The van der Waals surface area contributed by atoms with Crippen molar-refractivity contribution in [2.75, 3.05) is 23.4 Å². The lowest BCUT2D eigenvalue weighted by Crippen LogP contribution is -2.27. The number of benzene rings is 2. The molecule has 0 N–H and O–H groups in total. The number of fused-ring (bicyclic) bond motifs is 1. The molecule has 0 saturated carbocycles. The number of rotatable bonds is 3. The molecule has 0 spiro atoms. The first-order valence-corrected chi connectivity index (χ1v) is 8.17. The van der Waals surface area contributed by atoms with Crippen LogP contribution in [0.5, 0.6) is 0 Å². The fourth-order valence-electron chi connectivity index (χ4n) is 3.09. The molecular formula is C19H19N5.